The van der Waals surface area contributed by atoms with Crippen LogP contribution in [0.2, 0.25) is 0 Å². The van der Waals surface area contributed by atoms with Crippen molar-refractivity contribution >= 4 is 12.0 Å². The first-order chi connectivity index (χ1) is 8.58. The molecule has 3 fully saturated rings. The molecule has 1 saturated heterocycles. The van der Waals surface area contributed by atoms with Gasteiger partial charge in [0.25, 0.3) is 0 Å². The van der Waals surface area contributed by atoms with Gasteiger partial charge < -0.3 is 15.3 Å². The van der Waals surface area contributed by atoms with E-state index in [0.717, 1.165) is 25.7 Å². The largest absolute Gasteiger partial charge is 0.480 e. The van der Waals surface area contributed by atoms with Crippen LogP contribution >= 0.6 is 0 Å². The van der Waals surface area contributed by atoms with Crippen molar-refractivity contribution in [2.45, 2.75) is 44.7 Å². The minimum atomic E-state index is -0.844. The number of fused-ring (bicyclic) bond motifs is 1. The molecule has 3 rings (SSSR count). The SMILES string of the molecule is CC1CC1NC(=O)N1CC2CCCC2C1C(=O)O. The average Bonchev–Trinajstić information content (AvgIpc) is 2.75. The number of aliphatic carboxylic acids is 1. The number of carbonyl (C=O) groups is 2. The normalized spacial score (nSPS) is 41.6. The third-order valence-electron chi connectivity index (χ3n) is 4.82. The van der Waals surface area contributed by atoms with Crippen LogP contribution in [0.5, 0.6) is 0 Å². The molecule has 0 radical (unpaired) electrons. The van der Waals surface area contributed by atoms with Crippen molar-refractivity contribution in [2.24, 2.45) is 17.8 Å². The molecule has 5 atom stereocenters. The minimum absolute atomic E-state index is 0.171. The summed E-state index contributed by atoms with van der Waals surface area (Å²) in [4.78, 5) is 25.1. The Kier molecular flexibility index (Phi) is 2.72. The number of hydrogen-bond donors (Lipinski definition) is 2. The molecule has 0 bridgehead atoms. The molecular weight excluding hydrogens is 232 g/mol. The molecule has 0 aromatic carbocycles. The number of hydrogen-bond acceptors (Lipinski definition) is 2. The van der Waals surface area contributed by atoms with Gasteiger partial charge in [-0.05, 0) is 37.0 Å². The molecule has 0 spiro atoms. The molecule has 2 amide bonds. The summed E-state index contributed by atoms with van der Waals surface area (Å²) < 4.78 is 0. The minimum Gasteiger partial charge on any atom is -0.480 e. The number of likely N-dealkylation sites (tertiary alicyclic amines) is 1. The van der Waals surface area contributed by atoms with Gasteiger partial charge >= 0.3 is 12.0 Å². The van der Waals surface area contributed by atoms with Crippen LogP contribution in [-0.2, 0) is 4.79 Å². The topological polar surface area (TPSA) is 69.6 Å². The zero-order chi connectivity index (χ0) is 12.9. The average molecular weight is 252 g/mol. The van der Waals surface area contributed by atoms with E-state index in [1.54, 1.807) is 4.90 Å². The fourth-order valence-corrected chi connectivity index (χ4v) is 3.60. The Balaban J connectivity index is 1.70. The number of amides is 2. The van der Waals surface area contributed by atoms with Gasteiger partial charge in [0.1, 0.15) is 6.04 Å². The van der Waals surface area contributed by atoms with Crippen LogP contribution in [0, 0.1) is 17.8 Å². The van der Waals surface area contributed by atoms with Crippen LogP contribution in [-0.4, -0.2) is 40.6 Å². The fourth-order valence-electron chi connectivity index (χ4n) is 3.60. The third-order valence-corrected chi connectivity index (χ3v) is 4.82. The summed E-state index contributed by atoms with van der Waals surface area (Å²) in [6.07, 6.45) is 4.14. The van der Waals surface area contributed by atoms with E-state index >= 15 is 0 Å². The zero-order valence-corrected chi connectivity index (χ0v) is 10.6. The lowest BCUT2D eigenvalue weighted by molar-refractivity contribution is -0.142. The van der Waals surface area contributed by atoms with Gasteiger partial charge in [-0.25, -0.2) is 9.59 Å². The molecule has 0 aromatic heterocycles. The number of nitrogens with one attached hydrogen (secondary N) is 1. The van der Waals surface area contributed by atoms with Gasteiger partial charge in [-0.2, -0.15) is 0 Å². The van der Waals surface area contributed by atoms with Crippen molar-refractivity contribution in [3.8, 4) is 0 Å². The van der Waals surface area contributed by atoms with Crippen molar-refractivity contribution in [1.29, 1.82) is 0 Å². The van der Waals surface area contributed by atoms with Crippen LogP contribution in [0.3, 0.4) is 0 Å². The van der Waals surface area contributed by atoms with E-state index in [2.05, 4.69) is 12.2 Å². The van der Waals surface area contributed by atoms with Gasteiger partial charge in [0.05, 0.1) is 0 Å². The van der Waals surface area contributed by atoms with Gasteiger partial charge in [-0.1, -0.05) is 13.3 Å². The van der Waals surface area contributed by atoms with Gasteiger partial charge in [-0.15, -0.1) is 0 Å². The second-order valence-electron chi connectivity index (χ2n) is 6.06. The van der Waals surface area contributed by atoms with Gasteiger partial charge in [0.2, 0.25) is 0 Å². The summed E-state index contributed by atoms with van der Waals surface area (Å²) in [6, 6.07) is -0.523. The summed E-state index contributed by atoms with van der Waals surface area (Å²) in [7, 11) is 0. The second-order valence-corrected chi connectivity index (χ2v) is 6.06. The number of carboxylic acid groups (broad SMARTS) is 1. The monoisotopic (exact) mass is 252 g/mol. The molecule has 18 heavy (non-hydrogen) atoms. The van der Waals surface area contributed by atoms with E-state index in [1.165, 1.54) is 0 Å². The van der Waals surface area contributed by atoms with Crippen molar-refractivity contribution in [2.75, 3.05) is 6.54 Å². The third kappa shape index (κ3) is 1.85. The molecule has 2 saturated carbocycles. The lowest BCUT2D eigenvalue weighted by atomic mass is 9.94. The predicted molar refractivity (Wildman–Crippen MR) is 65.1 cm³/mol. The van der Waals surface area contributed by atoms with Gasteiger partial charge in [0, 0.05) is 12.6 Å². The van der Waals surface area contributed by atoms with Crippen molar-refractivity contribution < 1.29 is 14.7 Å². The molecule has 1 heterocycles. The lowest BCUT2D eigenvalue weighted by Crippen LogP contribution is -2.48. The highest BCUT2D eigenvalue weighted by atomic mass is 16.4. The molecular formula is C13H20N2O3. The number of carbonyl (C=O) groups excluding carboxylic acids is 1. The summed E-state index contributed by atoms with van der Waals surface area (Å²) in [5, 5.41) is 12.3. The molecule has 3 aliphatic rings. The summed E-state index contributed by atoms with van der Waals surface area (Å²) in [6.45, 7) is 2.72. The Morgan fingerprint density at radius 2 is 2.06 bits per heavy atom. The van der Waals surface area contributed by atoms with Crippen LogP contribution < -0.4 is 5.32 Å². The lowest BCUT2D eigenvalue weighted by Gasteiger charge is -2.24. The summed E-state index contributed by atoms with van der Waals surface area (Å²) in [5.41, 5.74) is 0. The molecule has 5 heteroatoms. The van der Waals surface area contributed by atoms with Crippen LogP contribution in [0.4, 0.5) is 4.79 Å². The van der Waals surface area contributed by atoms with Crippen LogP contribution in [0.15, 0.2) is 0 Å². The summed E-state index contributed by atoms with van der Waals surface area (Å²) in [5.74, 6) is 0.265. The Hall–Kier alpha value is -1.26. The first kappa shape index (κ1) is 11.8. The van der Waals surface area contributed by atoms with E-state index < -0.39 is 12.0 Å². The van der Waals surface area contributed by atoms with Crippen molar-refractivity contribution in [3.63, 3.8) is 0 Å². The maximum absolute atomic E-state index is 12.1. The van der Waals surface area contributed by atoms with Gasteiger partial charge in [0.15, 0.2) is 0 Å². The Morgan fingerprint density at radius 3 is 2.67 bits per heavy atom. The fraction of sp³-hybridized carbons (Fsp3) is 0.846. The van der Waals surface area contributed by atoms with Crippen LogP contribution in [0.1, 0.15) is 32.6 Å². The number of urea groups is 1. The smallest absolute Gasteiger partial charge is 0.326 e. The highest BCUT2D eigenvalue weighted by molar-refractivity contribution is 5.84. The highest BCUT2D eigenvalue weighted by Crippen LogP contribution is 2.42. The van der Waals surface area contributed by atoms with Crippen molar-refractivity contribution in [1.82, 2.24) is 10.2 Å². The van der Waals surface area contributed by atoms with Gasteiger partial charge in [-0.3, -0.25) is 0 Å². The Labute approximate surface area is 107 Å². The quantitative estimate of drug-likeness (QED) is 0.778. The molecule has 100 valence electrons. The number of rotatable bonds is 2. The summed E-state index contributed by atoms with van der Waals surface area (Å²) >= 11 is 0. The standard InChI is InChI=1S/C13H20N2O3/c1-7-5-10(7)14-13(18)15-6-8-3-2-4-9(8)11(15)12(16)17/h7-11H,2-6H2,1H3,(H,14,18)(H,16,17). The van der Waals surface area contributed by atoms with E-state index in [-0.39, 0.29) is 18.0 Å². The molecule has 0 aromatic rings. The number of nitrogens with zero attached hydrogens (tertiary/aromatic N) is 1. The van der Waals surface area contributed by atoms with E-state index in [4.69, 9.17) is 0 Å². The molecule has 1 aliphatic heterocycles. The number of carboxylic acids is 1. The second kappa shape index (κ2) is 4.14. The molecule has 2 N–H and O–H groups in total. The molecule has 2 aliphatic carbocycles. The first-order valence-corrected chi connectivity index (χ1v) is 6.88. The maximum Gasteiger partial charge on any atom is 0.326 e. The zero-order valence-electron chi connectivity index (χ0n) is 10.6. The van der Waals surface area contributed by atoms with Crippen molar-refractivity contribution in [3.05, 3.63) is 0 Å². The maximum atomic E-state index is 12.1. The predicted octanol–water partition coefficient (Wildman–Crippen LogP) is 1.29. The van der Waals surface area contributed by atoms with E-state index in [0.29, 0.717) is 18.4 Å². The highest BCUT2D eigenvalue weighted by Gasteiger charge is 2.50. The molecule has 5 nitrogen and oxygen atoms in total. The first-order valence-electron chi connectivity index (χ1n) is 6.88. The van der Waals surface area contributed by atoms with Crippen LogP contribution in [0.25, 0.3) is 0 Å². The Morgan fingerprint density at radius 1 is 1.33 bits per heavy atom. The van der Waals surface area contributed by atoms with E-state index in [1.807, 2.05) is 0 Å². The van der Waals surface area contributed by atoms with E-state index in [9.17, 15) is 14.7 Å². The molecule has 5 unspecified atom stereocenters. The Bertz CT molecular complexity index is 384.